The molecule has 4 rings (SSSR count). The van der Waals surface area contributed by atoms with E-state index in [1.165, 1.54) is 4.90 Å². The number of amides is 2. The van der Waals surface area contributed by atoms with Gasteiger partial charge in [-0.2, -0.15) is 0 Å². The Morgan fingerprint density at radius 3 is 1.95 bits per heavy atom. The fourth-order valence-corrected chi connectivity index (χ4v) is 4.61. The summed E-state index contributed by atoms with van der Waals surface area (Å²) in [5.74, 6) is -2.97. The number of carboxylic acid groups (broad SMARTS) is 2. The smallest absolute Gasteiger partial charge is 0.326 e. The van der Waals surface area contributed by atoms with Crippen molar-refractivity contribution in [2.75, 3.05) is 6.54 Å². The number of carbonyl (C=O) groups excluding carboxylic acids is 1. The normalized spacial score (nSPS) is 12.4. The maximum absolute atomic E-state index is 13.5. The zero-order valence-corrected chi connectivity index (χ0v) is 21.6. The van der Waals surface area contributed by atoms with Crippen molar-refractivity contribution in [3.05, 3.63) is 120 Å². The molecule has 4 aromatic rings. The van der Waals surface area contributed by atoms with Gasteiger partial charge in [0.05, 0.1) is 5.92 Å². The summed E-state index contributed by atoms with van der Waals surface area (Å²) in [4.78, 5) is 39.2. The Bertz CT molecular complexity index is 1410. The maximum atomic E-state index is 13.5. The maximum Gasteiger partial charge on any atom is 0.326 e. The van der Waals surface area contributed by atoms with Crippen LogP contribution >= 0.6 is 0 Å². The van der Waals surface area contributed by atoms with Crippen LogP contribution in [0.3, 0.4) is 0 Å². The lowest BCUT2D eigenvalue weighted by molar-refractivity contribution is -0.143. The molecule has 0 heterocycles. The Balaban J connectivity index is 1.50. The minimum absolute atomic E-state index is 0.0504. The SMILES string of the molecule is O=C(O)C(CCc1ccccc1)CN(Cc1ccccc1)C(=O)N[C@@H](Cc1ccc2ccccc2c1)C(=O)O. The molecular weight excluding hydrogens is 492 g/mol. The Hall–Kier alpha value is -4.65. The van der Waals surface area contributed by atoms with Gasteiger partial charge in [-0.25, -0.2) is 9.59 Å². The van der Waals surface area contributed by atoms with Gasteiger partial charge in [-0.3, -0.25) is 4.79 Å². The minimum Gasteiger partial charge on any atom is -0.481 e. The standard InChI is InChI=1S/C32H32N2O5/c35-30(36)28(18-15-23-9-3-1-4-10-23)22-34(21-24-11-5-2-6-12-24)32(39)33-29(31(37)38)20-25-16-17-26-13-7-8-14-27(26)19-25/h1-14,16-17,19,28-29H,15,18,20-22H2,(H,33,39)(H,35,36)(H,37,38)/t28?,29-/m0/s1. The van der Waals surface area contributed by atoms with Gasteiger partial charge in [0, 0.05) is 19.5 Å². The molecule has 0 saturated heterocycles. The molecule has 4 aromatic carbocycles. The molecule has 1 unspecified atom stereocenters. The highest BCUT2D eigenvalue weighted by Crippen LogP contribution is 2.18. The monoisotopic (exact) mass is 524 g/mol. The van der Waals surface area contributed by atoms with Gasteiger partial charge in [0.1, 0.15) is 6.04 Å². The van der Waals surface area contributed by atoms with Gasteiger partial charge in [-0.05, 0) is 40.3 Å². The molecule has 0 aliphatic rings. The number of benzene rings is 4. The quantitative estimate of drug-likeness (QED) is 0.231. The molecule has 3 N–H and O–H groups in total. The predicted octanol–water partition coefficient (Wildman–Crippen LogP) is 5.38. The number of aliphatic carboxylic acids is 2. The van der Waals surface area contributed by atoms with Crippen molar-refractivity contribution in [2.45, 2.75) is 31.8 Å². The molecule has 200 valence electrons. The van der Waals surface area contributed by atoms with Gasteiger partial charge >= 0.3 is 18.0 Å². The van der Waals surface area contributed by atoms with E-state index >= 15 is 0 Å². The second-order valence-electron chi connectivity index (χ2n) is 9.65. The van der Waals surface area contributed by atoms with Gasteiger partial charge in [-0.1, -0.05) is 103 Å². The highest BCUT2D eigenvalue weighted by atomic mass is 16.4. The summed E-state index contributed by atoms with van der Waals surface area (Å²) in [5.41, 5.74) is 2.62. The largest absolute Gasteiger partial charge is 0.481 e. The summed E-state index contributed by atoms with van der Waals surface area (Å²) in [5, 5.41) is 24.5. The Labute approximate surface area is 227 Å². The second kappa shape index (κ2) is 13.2. The summed E-state index contributed by atoms with van der Waals surface area (Å²) >= 11 is 0. The lowest BCUT2D eigenvalue weighted by Gasteiger charge is -2.28. The van der Waals surface area contributed by atoms with Crippen LogP contribution in [0.15, 0.2) is 103 Å². The molecule has 7 nitrogen and oxygen atoms in total. The number of carboxylic acids is 2. The van der Waals surface area contributed by atoms with E-state index in [2.05, 4.69) is 5.32 Å². The second-order valence-corrected chi connectivity index (χ2v) is 9.65. The average molecular weight is 525 g/mol. The molecule has 7 heteroatoms. The fraction of sp³-hybridized carbons (Fsp3) is 0.219. The molecule has 0 spiro atoms. The van der Waals surface area contributed by atoms with Crippen LogP contribution in [-0.2, 0) is 29.0 Å². The van der Waals surface area contributed by atoms with Crippen molar-refractivity contribution in [3.63, 3.8) is 0 Å². The molecule has 0 aliphatic carbocycles. The van der Waals surface area contributed by atoms with Crippen molar-refractivity contribution in [3.8, 4) is 0 Å². The molecule has 0 fully saturated rings. The number of carbonyl (C=O) groups is 3. The summed E-state index contributed by atoms with van der Waals surface area (Å²) in [7, 11) is 0. The Kier molecular flexibility index (Phi) is 9.29. The van der Waals surface area contributed by atoms with E-state index in [0.29, 0.717) is 12.8 Å². The Morgan fingerprint density at radius 2 is 1.31 bits per heavy atom. The number of hydrogen-bond acceptors (Lipinski definition) is 3. The first-order valence-corrected chi connectivity index (χ1v) is 13.0. The number of urea groups is 1. The fourth-order valence-electron chi connectivity index (χ4n) is 4.61. The summed E-state index contributed by atoms with van der Waals surface area (Å²) in [6.45, 7) is 0.106. The van der Waals surface area contributed by atoms with E-state index in [9.17, 15) is 24.6 Å². The number of nitrogens with one attached hydrogen (secondary N) is 1. The molecule has 2 atom stereocenters. The third-order valence-electron chi connectivity index (χ3n) is 6.77. The van der Waals surface area contributed by atoms with E-state index in [-0.39, 0.29) is 19.5 Å². The van der Waals surface area contributed by atoms with Crippen molar-refractivity contribution < 1.29 is 24.6 Å². The minimum atomic E-state index is -1.18. The lowest BCUT2D eigenvalue weighted by atomic mass is 9.98. The zero-order valence-electron chi connectivity index (χ0n) is 21.6. The van der Waals surface area contributed by atoms with Crippen LogP contribution in [0, 0.1) is 5.92 Å². The Morgan fingerprint density at radius 1 is 0.692 bits per heavy atom. The molecular formula is C32H32N2O5. The van der Waals surface area contributed by atoms with Gasteiger partial charge < -0.3 is 20.4 Å². The molecule has 0 aromatic heterocycles. The summed E-state index contributed by atoms with van der Waals surface area (Å²) in [6, 6.07) is 30.5. The van der Waals surface area contributed by atoms with E-state index in [1.54, 1.807) is 0 Å². The number of aryl methyl sites for hydroxylation is 1. The van der Waals surface area contributed by atoms with Gasteiger partial charge in [0.2, 0.25) is 0 Å². The van der Waals surface area contributed by atoms with E-state index in [4.69, 9.17) is 0 Å². The van der Waals surface area contributed by atoms with Crippen molar-refractivity contribution in [2.24, 2.45) is 5.92 Å². The first kappa shape index (κ1) is 27.4. The van der Waals surface area contributed by atoms with Crippen LogP contribution in [0.1, 0.15) is 23.1 Å². The first-order valence-electron chi connectivity index (χ1n) is 13.0. The van der Waals surface area contributed by atoms with Crippen molar-refractivity contribution >= 4 is 28.7 Å². The van der Waals surface area contributed by atoms with E-state index < -0.39 is 29.9 Å². The number of hydrogen-bond donors (Lipinski definition) is 3. The molecule has 0 bridgehead atoms. The molecule has 0 radical (unpaired) electrons. The molecule has 0 aliphatic heterocycles. The molecule has 39 heavy (non-hydrogen) atoms. The third kappa shape index (κ3) is 7.92. The highest BCUT2D eigenvalue weighted by molar-refractivity contribution is 5.85. The van der Waals surface area contributed by atoms with Crippen LogP contribution in [0.4, 0.5) is 4.79 Å². The van der Waals surface area contributed by atoms with Crippen LogP contribution in [0.5, 0.6) is 0 Å². The van der Waals surface area contributed by atoms with Crippen LogP contribution < -0.4 is 5.32 Å². The summed E-state index contributed by atoms with van der Waals surface area (Å²) < 4.78 is 0. The predicted molar refractivity (Wildman–Crippen MR) is 150 cm³/mol. The van der Waals surface area contributed by atoms with Crippen LogP contribution in [0.25, 0.3) is 10.8 Å². The summed E-state index contributed by atoms with van der Waals surface area (Å²) in [6.07, 6.45) is 0.997. The van der Waals surface area contributed by atoms with Gasteiger partial charge in [-0.15, -0.1) is 0 Å². The zero-order chi connectivity index (χ0) is 27.6. The number of fused-ring (bicyclic) bond motifs is 1. The van der Waals surface area contributed by atoms with Gasteiger partial charge in [0.15, 0.2) is 0 Å². The van der Waals surface area contributed by atoms with Crippen molar-refractivity contribution in [1.82, 2.24) is 10.2 Å². The van der Waals surface area contributed by atoms with Gasteiger partial charge in [0.25, 0.3) is 0 Å². The van der Waals surface area contributed by atoms with E-state index in [0.717, 1.165) is 27.5 Å². The first-order chi connectivity index (χ1) is 18.9. The van der Waals surface area contributed by atoms with E-state index in [1.807, 2.05) is 103 Å². The third-order valence-corrected chi connectivity index (χ3v) is 6.77. The van der Waals surface area contributed by atoms with Crippen LogP contribution in [-0.4, -0.2) is 45.7 Å². The topological polar surface area (TPSA) is 107 Å². The lowest BCUT2D eigenvalue weighted by Crippen LogP contribution is -2.50. The molecule has 0 saturated carbocycles. The average Bonchev–Trinajstić information content (AvgIpc) is 2.95. The molecule has 2 amide bonds. The highest BCUT2D eigenvalue weighted by Gasteiger charge is 2.28. The number of nitrogens with zero attached hydrogens (tertiary/aromatic N) is 1. The van der Waals surface area contributed by atoms with Crippen LogP contribution in [0.2, 0.25) is 0 Å². The number of rotatable bonds is 12. The van der Waals surface area contributed by atoms with Crippen molar-refractivity contribution in [1.29, 1.82) is 0 Å².